The minimum atomic E-state index is -0.378. The number of ether oxygens (including phenoxy) is 2. The molecule has 3 aromatic rings. The highest BCUT2D eigenvalue weighted by molar-refractivity contribution is 7.15. The van der Waals surface area contributed by atoms with Crippen LogP contribution in [0.5, 0.6) is 5.75 Å². The van der Waals surface area contributed by atoms with Crippen molar-refractivity contribution >= 4 is 29.2 Å². The number of hydrogen-bond donors (Lipinski definition) is 1. The van der Waals surface area contributed by atoms with Gasteiger partial charge in [0.05, 0.1) is 17.0 Å². The highest BCUT2D eigenvalue weighted by Gasteiger charge is 2.34. The lowest BCUT2D eigenvalue weighted by Gasteiger charge is -2.35. The number of anilines is 1. The van der Waals surface area contributed by atoms with Crippen LogP contribution in [0.1, 0.15) is 107 Å². The maximum Gasteiger partial charge on any atom is 0.407 e. The molecule has 0 bridgehead atoms. The molecule has 248 valence electrons. The zero-order chi connectivity index (χ0) is 32.8. The second-order valence-electron chi connectivity index (χ2n) is 13.7. The van der Waals surface area contributed by atoms with E-state index in [2.05, 4.69) is 55.3 Å². The molecule has 0 radical (unpaired) electrons. The Morgan fingerprint density at radius 1 is 0.978 bits per heavy atom. The Balaban J connectivity index is 1.30. The van der Waals surface area contributed by atoms with Gasteiger partial charge in [0.15, 0.2) is 0 Å². The molecule has 0 unspecified atom stereocenters. The van der Waals surface area contributed by atoms with E-state index in [-0.39, 0.29) is 30.1 Å². The zero-order valence-corrected chi connectivity index (χ0v) is 29.1. The molecule has 2 saturated carbocycles. The van der Waals surface area contributed by atoms with Crippen molar-refractivity contribution in [3.63, 3.8) is 0 Å². The van der Waals surface area contributed by atoms with E-state index < -0.39 is 0 Å². The number of rotatable bonds is 10. The molecule has 2 aliphatic rings. The average molecular weight is 647 g/mol. The summed E-state index contributed by atoms with van der Waals surface area (Å²) in [6.45, 7) is 10.9. The molecule has 0 atom stereocenters. The van der Waals surface area contributed by atoms with Crippen molar-refractivity contribution in [2.45, 2.75) is 110 Å². The molecule has 0 aliphatic heterocycles. The summed E-state index contributed by atoms with van der Waals surface area (Å²) in [5.41, 5.74) is 3.59. The summed E-state index contributed by atoms with van der Waals surface area (Å²) >= 11 is 1.70. The maximum atomic E-state index is 14.3. The first kappa shape index (κ1) is 33.9. The van der Waals surface area contributed by atoms with E-state index in [4.69, 9.17) is 14.5 Å². The summed E-state index contributed by atoms with van der Waals surface area (Å²) in [5.74, 6) is 2.95. The summed E-state index contributed by atoms with van der Waals surface area (Å²) in [4.78, 5) is 38.9. The van der Waals surface area contributed by atoms with Crippen LogP contribution in [0.25, 0.3) is 10.4 Å². The van der Waals surface area contributed by atoms with Gasteiger partial charge in [-0.05, 0) is 119 Å². The van der Waals surface area contributed by atoms with Crippen LogP contribution in [-0.2, 0) is 9.53 Å². The maximum absolute atomic E-state index is 14.3. The summed E-state index contributed by atoms with van der Waals surface area (Å²) < 4.78 is 11.1. The van der Waals surface area contributed by atoms with Crippen LogP contribution in [-0.4, -0.2) is 47.8 Å². The fourth-order valence-corrected chi connectivity index (χ4v) is 7.78. The van der Waals surface area contributed by atoms with Crippen LogP contribution in [0.15, 0.2) is 42.7 Å². The van der Waals surface area contributed by atoms with Gasteiger partial charge in [-0.1, -0.05) is 26.0 Å². The van der Waals surface area contributed by atoms with Gasteiger partial charge in [-0.25, -0.2) is 14.8 Å². The third-order valence-electron chi connectivity index (χ3n) is 9.47. The topological polar surface area (TPSA) is 93.7 Å². The van der Waals surface area contributed by atoms with Crippen molar-refractivity contribution in [3.05, 3.63) is 58.9 Å². The van der Waals surface area contributed by atoms with E-state index in [9.17, 15) is 9.59 Å². The third kappa shape index (κ3) is 8.46. The van der Waals surface area contributed by atoms with Crippen molar-refractivity contribution in [2.75, 3.05) is 18.6 Å². The number of amides is 2. The van der Waals surface area contributed by atoms with Crippen molar-refractivity contribution < 1.29 is 19.1 Å². The van der Waals surface area contributed by atoms with Gasteiger partial charge in [0.25, 0.3) is 0 Å². The average Bonchev–Trinajstić information content (AvgIpc) is 3.55. The summed E-state index contributed by atoms with van der Waals surface area (Å²) in [6.07, 6.45) is 10.3. The van der Waals surface area contributed by atoms with E-state index >= 15 is 0 Å². The molecule has 2 fully saturated rings. The van der Waals surface area contributed by atoms with E-state index in [0.29, 0.717) is 55.8 Å². The zero-order valence-electron chi connectivity index (χ0n) is 28.3. The summed E-state index contributed by atoms with van der Waals surface area (Å²) in [6, 6.07) is 10.7. The van der Waals surface area contributed by atoms with Crippen molar-refractivity contribution in [1.82, 2.24) is 15.3 Å². The molecule has 9 heteroatoms. The number of nitrogens with zero attached hydrogens (tertiary/aromatic N) is 3. The quantitative estimate of drug-likeness (QED) is 0.237. The molecule has 0 saturated heterocycles. The molecule has 46 heavy (non-hydrogen) atoms. The molecule has 5 rings (SSSR count). The SMILES string of the molecule is COc1ccc([C@H]2CC[C@H](CN(c3cc(-c4cnc(C(C)C)s4)ccn3)C(=O)[C@H]3CC[C@H](OC(=O)NC(C)C)CC3)CC2)cc1C. The second-order valence-corrected chi connectivity index (χ2v) is 14.8. The first-order valence-electron chi connectivity index (χ1n) is 17.0. The number of aromatic nitrogens is 2. The van der Waals surface area contributed by atoms with Crippen LogP contribution in [0.3, 0.4) is 0 Å². The summed E-state index contributed by atoms with van der Waals surface area (Å²) in [5, 5.41) is 3.91. The van der Waals surface area contributed by atoms with Gasteiger partial charge >= 0.3 is 6.09 Å². The lowest BCUT2D eigenvalue weighted by molar-refractivity contribution is -0.124. The normalized spacial score (nSPS) is 21.7. The monoisotopic (exact) mass is 646 g/mol. The molecule has 0 spiro atoms. The molecule has 2 heterocycles. The largest absolute Gasteiger partial charge is 0.496 e. The standard InChI is InChI=1S/C37H50N4O4S/c1-23(2)35-39-21-33(46-35)30-17-18-38-34(20-30)41(36(42)28-11-14-31(15-12-28)45-37(43)40-24(3)4)22-26-7-9-27(10-8-26)29-13-16-32(44-6)25(5)19-29/h13,16-21,23-24,26-28,31H,7-12,14-15,22H2,1-6H3,(H,40,43)/t26-,27-,28-,31-. The Labute approximate surface area is 278 Å². The van der Waals surface area contributed by atoms with Crippen LogP contribution in [0, 0.1) is 18.8 Å². The highest BCUT2D eigenvalue weighted by atomic mass is 32.1. The van der Waals surface area contributed by atoms with E-state index in [0.717, 1.165) is 46.9 Å². The van der Waals surface area contributed by atoms with Gasteiger partial charge < -0.3 is 14.8 Å². The second kappa shape index (κ2) is 15.4. The fourth-order valence-electron chi connectivity index (χ4n) is 6.86. The highest BCUT2D eigenvalue weighted by Crippen LogP contribution is 2.39. The molecular weight excluding hydrogens is 596 g/mol. The van der Waals surface area contributed by atoms with Crippen molar-refractivity contribution in [2.24, 2.45) is 11.8 Å². The molecule has 8 nitrogen and oxygen atoms in total. The number of nitrogens with one attached hydrogen (secondary N) is 1. The van der Waals surface area contributed by atoms with Gasteiger partial charge in [0.1, 0.15) is 17.7 Å². The summed E-state index contributed by atoms with van der Waals surface area (Å²) in [7, 11) is 1.72. The van der Waals surface area contributed by atoms with E-state index in [1.165, 1.54) is 11.1 Å². The molecule has 1 aromatic carbocycles. The Morgan fingerprint density at radius 2 is 1.72 bits per heavy atom. The number of hydrogen-bond acceptors (Lipinski definition) is 7. The van der Waals surface area contributed by atoms with Crippen LogP contribution >= 0.6 is 11.3 Å². The first-order chi connectivity index (χ1) is 22.1. The third-order valence-corrected chi connectivity index (χ3v) is 10.8. The smallest absolute Gasteiger partial charge is 0.407 e. The lowest BCUT2D eigenvalue weighted by atomic mass is 9.78. The first-order valence-corrected chi connectivity index (χ1v) is 17.8. The number of alkyl carbamates (subject to hydrolysis) is 1. The van der Waals surface area contributed by atoms with Crippen molar-refractivity contribution in [1.29, 1.82) is 0 Å². The van der Waals surface area contributed by atoms with Gasteiger partial charge in [-0.15, -0.1) is 11.3 Å². The van der Waals surface area contributed by atoms with E-state index in [1.807, 2.05) is 37.2 Å². The number of methoxy groups -OCH3 is 1. The van der Waals surface area contributed by atoms with Gasteiger partial charge in [0, 0.05) is 36.8 Å². The predicted molar refractivity (Wildman–Crippen MR) is 185 cm³/mol. The number of carbonyl (C=O) groups excluding carboxylic acids is 2. The fraction of sp³-hybridized carbons (Fsp3) is 0.568. The van der Waals surface area contributed by atoms with Gasteiger partial charge in [0.2, 0.25) is 5.91 Å². The molecule has 2 amide bonds. The Bertz CT molecular complexity index is 1470. The number of aryl methyl sites for hydroxylation is 1. The number of carbonyl (C=O) groups is 2. The van der Waals surface area contributed by atoms with Crippen LogP contribution in [0.4, 0.5) is 10.6 Å². The molecular formula is C37H50N4O4S. The minimum absolute atomic E-state index is 0.0274. The minimum Gasteiger partial charge on any atom is -0.496 e. The molecule has 2 aromatic heterocycles. The van der Waals surface area contributed by atoms with Crippen LogP contribution in [0.2, 0.25) is 0 Å². The molecule has 1 N–H and O–H groups in total. The molecule has 2 aliphatic carbocycles. The predicted octanol–water partition coefficient (Wildman–Crippen LogP) is 8.65. The van der Waals surface area contributed by atoms with E-state index in [1.54, 1.807) is 18.4 Å². The Hall–Kier alpha value is -3.46. The van der Waals surface area contributed by atoms with Crippen molar-refractivity contribution in [3.8, 4) is 16.2 Å². The van der Waals surface area contributed by atoms with Gasteiger partial charge in [-0.3, -0.25) is 9.69 Å². The lowest BCUT2D eigenvalue weighted by Crippen LogP contribution is -2.43. The number of thiazole rings is 1. The van der Waals surface area contributed by atoms with Gasteiger partial charge in [-0.2, -0.15) is 0 Å². The number of benzene rings is 1. The Morgan fingerprint density at radius 3 is 2.35 bits per heavy atom. The Kier molecular flexibility index (Phi) is 11.4. The van der Waals surface area contributed by atoms with Crippen LogP contribution < -0.4 is 15.0 Å². The number of pyridine rings is 1.